The first kappa shape index (κ1) is 20.5. The molecule has 2 aliphatic carbocycles. The number of aryl methyl sites for hydroxylation is 1. The first-order chi connectivity index (χ1) is 14.1. The standard InChI is InChI=1S/C23H28N6/c1-24-21(26-28(2)3)17-18-11-9-10-12-19(16-15-18)22-25-23(29(4)27-22)20-13-7-5-6-8-14-20/h5-13,15,19H,1,14,16-17H2,2-4H3/b11-9-,12-10+,18-15+,26-21-. The molecule has 0 aromatic carbocycles. The molecule has 0 bridgehead atoms. The van der Waals surface area contributed by atoms with Crippen molar-refractivity contribution in [3.8, 4) is 0 Å². The summed E-state index contributed by atoms with van der Waals surface area (Å²) in [6.07, 6.45) is 23.3. The fourth-order valence-corrected chi connectivity index (χ4v) is 3.25. The van der Waals surface area contributed by atoms with Gasteiger partial charge in [-0.1, -0.05) is 60.8 Å². The second-order valence-electron chi connectivity index (χ2n) is 7.19. The average molecular weight is 389 g/mol. The molecule has 1 heterocycles. The quantitative estimate of drug-likeness (QED) is 0.431. The van der Waals surface area contributed by atoms with Crippen LogP contribution in [0.4, 0.5) is 0 Å². The van der Waals surface area contributed by atoms with E-state index < -0.39 is 0 Å². The van der Waals surface area contributed by atoms with Crippen LogP contribution in [-0.4, -0.2) is 46.4 Å². The summed E-state index contributed by atoms with van der Waals surface area (Å²) >= 11 is 0. The lowest BCUT2D eigenvalue weighted by Gasteiger charge is -2.11. The summed E-state index contributed by atoms with van der Waals surface area (Å²) in [5.74, 6) is 2.58. The summed E-state index contributed by atoms with van der Waals surface area (Å²) in [6, 6.07) is 0. The molecule has 150 valence electrons. The number of aromatic nitrogens is 3. The third-order valence-electron chi connectivity index (χ3n) is 4.65. The molecule has 1 aromatic rings. The fraction of sp³-hybridized carbons (Fsp3) is 0.304. The molecular weight excluding hydrogens is 360 g/mol. The lowest BCUT2D eigenvalue weighted by Crippen LogP contribution is -2.08. The van der Waals surface area contributed by atoms with Crippen LogP contribution in [0.2, 0.25) is 0 Å². The molecule has 1 atom stereocenters. The first-order valence-corrected chi connectivity index (χ1v) is 9.76. The van der Waals surface area contributed by atoms with Crippen molar-refractivity contribution in [3.05, 3.63) is 78.0 Å². The highest BCUT2D eigenvalue weighted by Crippen LogP contribution is 2.26. The largest absolute Gasteiger partial charge is 0.301 e. The Morgan fingerprint density at radius 1 is 1.24 bits per heavy atom. The van der Waals surface area contributed by atoms with Gasteiger partial charge in [-0.25, -0.2) is 14.7 Å². The summed E-state index contributed by atoms with van der Waals surface area (Å²) in [4.78, 5) is 8.91. The number of hydrazone groups is 1. The van der Waals surface area contributed by atoms with E-state index >= 15 is 0 Å². The smallest absolute Gasteiger partial charge is 0.158 e. The van der Waals surface area contributed by atoms with Crippen molar-refractivity contribution in [1.29, 1.82) is 0 Å². The predicted molar refractivity (Wildman–Crippen MR) is 121 cm³/mol. The van der Waals surface area contributed by atoms with E-state index in [0.29, 0.717) is 12.3 Å². The second-order valence-corrected chi connectivity index (χ2v) is 7.19. The van der Waals surface area contributed by atoms with Crippen molar-refractivity contribution in [1.82, 2.24) is 19.8 Å². The van der Waals surface area contributed by atoms with Crippen LogP contribution in [-0.2, 0) is 7.05 Å². The van der Waals surface area contributed by atoms with Crippen LogP contribution in [0.15, 0.2) is 76.4 Å². The van der Waals surface area contributed by atoms with E-state index in [-0.39, 0.29) is 5.92 Å². The van der Waals surface area contributed by atoms with Crippen LogP contribution in [0.1, 0.15) is 36.8 Å². The molecule has 1 unspecified atom stereocenters. The topological polar surface area (TPSA) is 58.7 Å². The molecule has 0 fully saturated rings. The zero-order chi connectivity index (χ0) is 20.6. The number of amidine groups is 1. The summed E-state index contributed by atoms with van der Waals surface area (Å²) in [5, 5.41) is 10.8. The Morgan fingerprint density at radius 2 is 2.10 bits per heavy atom. The van der Waals surface area contributed by atoms with Crippen molar-refractivity contribution >= 4 is 18.1 Å². The van der Waals surface area contributed by atoms with Gasteiger partial charge in [0.1, 0.15) is 0 Å². The lowest BCUT2D eigenvalue weighted by molar-refractivity contribution is 0.436. The Labute approximate surface area is 172 Å². The van der Waals surface area contributed by atoms with Gasteiger partial charge in [-0.05, 0) is 25.1 Å². The molecule has 0 saturated carbocycles. The number of nitrogens with zero attached hydrogens (tertiary/aromatic N) is 6. The maximum atomic E-state index is 4.86. The number of rotatable bonds is 5. The summed E-state index contributed by atoms with van der Waals surface area (Å²) in [7, 11) is 5.72. The first-order valence-electron chi connectivity index (χ1n) is 9.76. The van der Waals surface area contributed by atoms with E-state index in [1.807, 2.05) is 44.1 Å². The molecule has 29 heavy (non-hydrogen) atoms. The van der Waals surface area contributed by atoms with Crippen molar-refractivity contribution in [2.45, 2.75) is 25.2 Å². The molecule has 0 amide bonds. The SMILES string of the molecule is C=N/C(CC1=C/CC(c2nc(C3=CC=CC=CC3)n(C)n2)/C=C/C=C\1)=N\N(C)C. The highest BCUT2D eigenvalue weighted by molar-refractivity contribution is 5.88. The van der Waals surface area contributed by atoms with E-state index in [2.05, 4.69) is 59.3 Å². The fourth-order valence-electron chi connectivity index (χ4n) is 3.25. The Morgan fingerprint density at radius 3 is 2.90 bits per heavy atom. The molecule has 2 aliphatic rings. The zero-order valence-electron chi connectivity index (χ0n) is 17.4. The molecule has 0 N–H and O–H groups in total. The normalized spacial score (nSPS) is 23.3. The van der Waals surface area contributed by atoms with Crippen LogP contribution in [0.5, 0.6) is 0 Å². The molecule has 0 spiro atoms. The summed E-state index contributed by atoms with van der Waals surface area (Å²) < 4.78 is 1.88. The van der Waals surface area contributed by atoms with Crippen LogP contribution < -0.4 is 0 Å². The monoisotopic (exact) mass is 388 g/mol. The molecular formula is C23H28N6. The van der Waals surface area contributed by atoms with E-state index in [4.69, 9.17) is 10.1 Å². The third-order valence-corrected chi connectivity index (χ3v) is 4.65. The number of aliphatic imine (C=N–C) groups is 1. The van der Waals surface area contributed by atoms with Crippen LogP contribution >= 0.6 is 0 Å². The molecule has 0 saturated heterocycles. The minimum absolute atomic E-state index is 0.123. The average Bonchev–Trinajstić information content (AvgIpc) is 2.88. The zero-order valence-corrected chi connectivity index (χ0v) is 17.4. The van der Waals surface area contributed by atoms with Crippen LogP contribution in [0.3, 0.4) is 0 Å². The van der Waals surface area contributed by atoms with Gasteiger partial charge >= 0.3 is 0 Å². The Hall–Kier alpha value is -3.28. The van der Waals surface area contributed by atoms with Crippen molar-refractivity contribution in [2.24, 2.45) is 17.1 Å². The minimum atomic E-state index is 0.123. The molecule has 1 aromatic heterocycles. The summed E-state index contributed by atoms with van der Waals surface area (Å²) in [6.45, 7) is 3.64. The number of hydrogen-bond acceptors (Lipinski definition) is 4. The van der Waals surface area contributed by atoms with E-state index in [0.717, 1.165) is 30.1 Å². The van der Waals surface area contributed by atoms with Gasteiger partial charge in [0.2, 0.25) is 0 Å². The van der Waals surface area contributed by atoms with Gasteiger partial charge in [0.15, 0.2) is 17.5 Å². The number of allylic oxidation sites excluding steroid dienone is 11. The van der Waals surface area contributed by atoms with Gasteiger partial charge < -0.3 is 5.01 Å². The third kappa shape index (κ3) is 5.60. The maximum Gasteiger partial charge on any atom is 0.158 e. The Bertz CT molecular complexity index is 950. The maximum absolute atomic E-state index is 4.86. The van der Waals surface area contributed by atoms with Crippen molar-refractivity contribution in [3.63, 3.8) is 0 Å². The predicted octanol–water partition coefficient (Wildman–Crippen LogP) is 4.21. The highest BCUT2D eigenvalue weighted by Gasteiger charge is 2.18. The highest BCUT2D eigenvalue weighted by atomic mass is 15.4. The number of hydrogen-bond donors (Lipinski definition) is 0. The van der Waals surface area contributed by atoms with E-state index in [1.165, 1.54) is 5.57 Å². The second kappa shape index (κ2) is 9.78. The van der Waals surface area contributed by atoms with Gasteiger partial charge in [-0.15, -0.1) is 0 Å². The van der Waals surface area contributed by atoms with Crippen LogP contribution in [0, 0.1) is 0 Å². The van der Waals surface area contributed by atoms with E-state index in [1.54, 1.807) is 5.01 Å². The molecule has 0 radical (unpaired) electrons. The van der Waals surface area contributed by atoms with Gasteiger partial charge in [-0.2, -0.15) is 10.2 Å². The minimum Gasteiger partial charge on any atom is -0.301 e. The van der Waals surface area contributed by atoms with E-state index in [9.17, 15) is 0 Å². The Balaban J connectivity index is 1.80. The molecule has 6 nitrogen and oxygen atoms in total. The lowest BCUT2D eigenvalue weighted by atomic mass is 9.98. The summed E-state index contributed by atoms with van der Waals surface area (Å²) in [5.41, 5.74) is 2.33. The van der Waals surface area contributed by atoms with Crippen molar-refractivity contribution < 1.29 is 0 Å². The van der Waals surface area contributed by atoms with Gasteiger partial charge in [0.05, 0.1) is 0 Å². The van der Waals surface area contributed by atoms with Crippen molar-refractivity contribution in [2.75, 3.05) is 14.1 Å². The van der Waals surface area contributed by atoms with Gasteiger partial charge in [-0.3, -0.25) is 0 Å². The Kier molecular flexibility index (Phi) is 6.89. The van der Waals surface area contributed by atoms with Gasteiger partial charge in [0, 0.05) is 39.1 Å². The van der Waals surface area contributed by atoms with Crippen LogP contribution in [0.25, 0.3) is 5.57 Å². The molecule has 6 heteroatoms. The molecule has 0 aliphatic heterocycles. The van der Waals surface area contributed by atoms with Gasteiger partial charge in [0.25, 0.3) is 0 Å². The molecule has 3 rings (SSSR count).